The first-order valence-electron chi connectivity index (χ1n) is 6.86. The van der Waals surface area contributed by atoms with Gasteiger partial charge < -0.3 is 19.9 Å². The highest BCUT2D eigenvalue weighted by molar-refractivity contribution is 5.75. The molecule has 0 aliphatic carbocycles. The predicted molar refractivity (Wildman–Crippen MR) is 66.2 cm³/mol. The number of hydrogen-bond donors (Lipinski definition) is 2. The summed E-state index contributed by atoms with van der Waals surface area (Å²) in [5.74, 6) is -0.00972. The van der Waals surface area contributed by atoms with Crippen molar-refractivity contribution in [3.63, 3.8) is 0 Å². The van der Waals surface area contributed by atoms with E-state index in [4.69, 9.17) is 9.47 Å². The van der Waals surface area contributed by atoms with Crippen molar-refractivity contribution >= 4 is 5.91 Å². The Balaban J connectivity index is 1.59. The molecule has 2 aliphatic heterocycles. The van der Waals surface area contributed by atoms with Crippen molar-refractivity contribution in [3.8, 4) is 0 Å². The van der Waals surface area contributed by atoms with Gasteiger partial charge in [-0.25, -0.2) is 0 Å². The monoisotopic (exact) mass is 257 g/mol. The molecule has 2 atom stereocenters. The summed E-state index contributed by atoms with van der Waals surface area (Å²) in [6.45, 7) is 2.00. The summed E-state index contributed by atoms with van der Waals surface area (Å²) in [4.78, 5) is 11.7. The molecule has 0 spiro atoms. The molecule has 2 aliphatic rings. The third-order valence-electron chi connectivity index (χ3n) is 3.66. The summed E-state index contributed by atoms with van der Waals surface area (Å²) >= 11 is 0. The normalized spacial score (nSPS) is 32.4. The van der Waals surface area contributed by atoms with Gasteiger partial charge in [0.15, 0.2) is 0 Å². The highest BCUT2D eigenvalue weighted by Crippen LogP contribution is 2.18. The van der Waals surface area contributed by atoms with Crippen molar-refractivity contribution in [2.45, 2.75) is 50.2 Å². The maximum atomic E-state index is 11.7. The van der Waals surface area contributed by atoms with Gasteiger partial charge in [-0.2, -0.15) is 0 Å². The molecule has 104 valence electrons. The SMILES string of the molecule is O=C(CCC1CCCCO1)NCC1(O)CCOC1. The standard InChI is InChI=1S/C13H23NO4/c15-12(5-4-11-3-1-2-7-18-11)14-9-13(16)6-8-17-10-13/h11,16H,1-10H2,(H,14,15). The van der Waals surface area contributed by atoms with Crippen LogP contribution in [-0.2, 0) is 14.3 Å². The first-order chi connectivity index (χ1) is 8.68. The van der Waals surface area contributed by atoms with Gasteiger partial charge in [-0.1, -0.05) is 0 Å². The number of hydrogen-bond acceptors (Lipinski definition) is 4. The maximum absolute atomic E-state index is 11.7. The topological polar surface area (TPSA) is 67.8 Å². The number of ether oxygens (including phenoxy) is 2. The fraction of sp³-hybridized carbons (Fsp3) is 0.923. The Morgan fingerprint density at radius 3 is 2.94 bits per heavy atom. The van der Waals surface area contributed by atoms with E-state index < -0.39 is 5.60 Å². The van der Waals surface area contributed by atoms with Crippen LogP contribution in [0.25, 0.3) is 0 Å². The van der Waals surface area contributed by atoms with Crippen LogP contribution in [0.1, 0.15) is 38.5 Å². The van der Waals surface area contributed by atoms with Crippen molar-refractivity contribution < 1.29 is 19.4 Å². The molecule has 2 N–H and O–H groups in total. The smallest absolute Gasteiger partial charge is 0.220 e. The summed E-state index contributed by atoms with van der Waals surface area (Å²) in [7, 11) is 0. The van der Waals surface area contributed by atoms with Gasteiger partial charge in [0.1, 0.15) is 5.60 Å². The van der Waals surface area contributed by atoms with E-state index in [1.165, 1.54) is 6.42 Å². The molecule has 2 heterocycles. The summed E-state index contributed by atoms with van der Waals surface area (Å²) in [5, 5.41) is 12.8. The molecule has 1 amide bonds. The Labute approximate surface area is 108 Å². The number of amides is 1. The molecule has 0 radical (unpaired) electrons. The average Bonchev–Trinajstić information content (AvgIpc) is 2.83. The van der Waals surface area contributed by atoms with Crippen LogP contribution in [0.3, 0.4) is 0 Å². The van der Waals surface area contributed by atoms with Crippen molar-refractivity contribution in [1.29, 1.82) is 0 Å². The number of aliphatic hydroxyl groups is 1. The summed E-state index contributed by atoms with van der Waals surface area (Å²) in [5.41, 5.74) is -0.864. The second-order valence-electron chi connectivity index (χ2n) is 5.33. The van der Waals surface area contributed by atoms with Gasteiger partial charge in [-0.3, -0.25) is 4.79 Å². The highest BCUT2D eigenvalue weighted by atomic mass is 16.5. The fourth-order valence-corrected chi connectivity index (χ4v) is 2.41. The maximum Gasteiger partial charge on any atom is 0.220 e. The zero-order valence-corrected chi connectivity index (χ0v) is 10.8. The van der Waals surface area contributed by atoms with Gasteiger partial charge in [0.05, 0.1) is 12.7 Å². The van der Waals surface area contributed by atoms with Gasteiger partial charge in [-0.15, -0.1) is 0 Å². The molecule has 2 unspecified atom stereocenters. The van der Waals surface area contributed by atoms with Crippen molar-refractivity contribution in [2.24, 2.45) is 0 Å². The van der Waals surface area contributed by atoms with Crippen LogP contribution in [-0.4, -0.2) is 49.1 Å². The van der Waals surface area contributed by atoms with Gasteiger partial charge in [-0.05, 0) is 25.7 Å². The first-order valence-corrected chi connectivity index (χ1v) is 6.86. The van der Waals surface area contributed by atoms with E-state index in [1.807, 2.05) is 0 Å². The molecule has 5 heteroatoms. The van der Waals surface area contributed by atoms with E-state index in [9.17, 15) is 9.90 Å². The number of rotatable bonds is 5. The molecule has 2 saturated heterocycles. The van der Waals surface area contributed by atoms with E-state index in [0.29, 0.717) is 26.1 Å². The Morgan fingerprint density at radius 2 is 2.28 bits per heavy atom. The third-order valence-corrected chi connectivity index (χ3v) is 3.66. The molecular weight excluding hydrogens is 234 g/mol. The zero-order valence-electron chi connectivity index (χ0n) is 10.8. The van der Waals surface area contributed by atoms with E-state index >= 15 is 0 Å². The third kappa shape index (κ3) is 4.23. The van der Waals surface area contributed by atoms with Crippen molar-refractivity contribution in [3.05, 3.63) is 0 Å². The number of carbonyl (C=O) groups is 1. The lowest BCUT2D eigenvalue weighted by atomic mass is 10.0. The van der Waals surface area contributed by atoms with Crippen LogP contribution < -0.4 is 5.32 Å². The summed E-state index contributed by atoms with van der Waals surface area (Å²) in [6.07, 6.45) is 5.48. The van der Waals surface area contributed by atoms with Gasteiger partial charge in [0.2, 0.25) is 5.91 Å². The Hall–Kier alpha value is -0.650. The Kier molecular flexibility index (Phi) is 4.97. The molecule has 0 aromatic heterocycles. The quantitative estimate of drug-likeness (QED) is 0.757. The molecule has 18 heavy (non-hydrogen) atoms. The van der Waals surface area contributed by atoms with E-state index in [1.54, 1.807) is 0 Å². The van der Waals surface area contributed by atoms with Crippen molar-refractivity contribution in [1.82, 2.24) is 5.32 Å². The Bertz CT molecular complexity index is 270. The average molecular weight is 257 g/mol. The number of nitrogens with one attached hydrogen (secondary N) is 1. The molecule has 0 bridgehead atoms. The first kappa shape index (κ1) is 13.8. The zero-order chi connectivity index (χ0) is 12.8. The molecule has 0 aromatic rings. The fourth-order valence-electron chi connectivity index (χ4n) is 2.41. The lowest BCUT2D eigenvalue weighted by Gasteiger charge is -2.23. The van der Waals surface area contributed by atoms with Gasteiger partial charge in [0.25, 0.3) is 0 Å². The number of carbonyl (C=O) groups excluding carboxylic acids is 1. The summed E-state index contributed by atoms with van der Waals surface area (Å²) in [6, 6.07) is 0. The largest absolute Gasteiger partial charge is 0.386 e. The van der Waals surface area contributed by atoms with E-state index in [2.05, 4.69) is 5.32 Å². The van der Waals surface area contributed by atoms with Gasteiger partial charge >= 0.3 is 0 Å². The lowest BCUT2D eigenvalue weighted by Crippen LogP contribution is -2.43. The minimum Gasteiger partial charge on any atom is -0.386 e. The predicted octanol–water partition coefficient (Wildman–Crippen LogP) is 0.603. The van der Waals surface area contributed by atoms with Crippen molar-refractivity contribution in [2.75, 3.05) is 26.4 Å². The van der Waals surface area contributed by atoms with Crippen LogP contribution in [0.2, 0.25) is 0 Å². The second-order valence-corrected chi connectivity index (χ2v) is 5.33. The molecular formula is C13H23NO4. The lowest BCUT2D eigenvalue weighted by molar-refractivity contribution is -0.123. The van der Waals surface area contributed by atoms with E-state index in [-0.39, 0.29) is 18.6 Å². The minimum atomic E-state index is -0.864. The van der Waals surface area contributed by atoms with Crippen LogP contribution in [0.15, 0.2) is 0 Å². The van der Waals surface area contributed by atoms with E-state index in [0.717, 1.165) is 25.9 Å². The van der Waals surface area contributed by atoms with Crippen LogP contribution in [0, 0.1) is 0 Å². The molecule has 5 nitrogen and oxygen atoms in total. The molecule has 0 aromatic carbocycles. The van der Waals surface area contributed by atoms with Crippen LogP contribution in [0.4, 0.5) is 0 Å². The molecule has 2 rings (SSSR count). The van der Waals surface area contributed by atoms with Gasteiger partial charge in [0, 0.05) is 32.6 Å². The molecule has 2 fully saturated rings. The summed E-state index contributed by atoms with van der Waals surface area (Å²) < 4.78 is 10.7. The Morgan fingerprint density at radius 1 is 1.39 bits per heavy atom. The molecule has 0 saturated carbocycles. The van der Waals surface area contributed by atoms with Crippen LogP contribution in [0.5, 0.6) is 0 Å². The highest BCUT2D eigenvalue weighted by Gasteiger charge is 2.32. The minimum absolute atomic E-state index is 0.00972. The second kappa shape index (κ2) is 6.50. The van der Waals surface area contributed by atoms with Crippen LogP contribution >= 0.6 is 0 Å².